The summed E-state index contributed by atoms with van der Waals surface area (Å²) in [5.41, 5.74) is 0.463. The molecule has 0 radical (unpaired) electrons. The van der Waals surface area contributed by atoms with E-state index in [4.69, 9.17) is 4.74 Å². The van der Waals surface area contributed by atoms with Crippen LogP contribution in [0.3, 0.4) is 0 Å². The maximum atomic E-state index is 12.2. The van der Waals surface area contributed by atoms with Gasteiger partial charge < -0.3 is 15.0 Å². The first-order chi connectivity index (χ1) is 12.5. The van der Waals surface area contributed by atoms with Crippen LogP contribution in [0.4, 0.5) is 0 Å². The molecule has 0 saturated carbocycles. The van der Waals surface area contributed by atoms with E-state index in [0.29, 0.717) is 18.0 Å². The molecule has 142 valence electrons. The molecular weight excluding hydrogens is 330 g/mol. The van der Waals surface area contributed by atoms with Crippen molar-refractivity contribution in [2.75, 3.05) is 26.2 Å². The van der Waals surface area contributed by atoms with Crippen LogP contribution in [0, 0.1) is 11.8 Å². The number of nitrogens with one attached hydrogen (secondary N) is 1. The zero-order valence-electron chi connectivity index (χ0n) is 15.7. The minimum Gasteiger partial charge on any atom is -0.375 e. The molecule has 1 spiro atoms. The minimum absolute atomic E-state index is 0.0479. The Kier molecular flexibility index (Phi) is 5.91. The Morgan fingerprint density at radius 3 is 2.81 bits per heavy atom. The van der Waals surface area contributed by atoms with E-state index in [1.807, 2.05) is 18.7 Å². The average molecular weight is 359 g/mol. The summed E-state index contributed by atoms with van der Waals surface area (Å²) in [6, 6.07) is 3.54. The van der Waals surface area contributed by atoms with Crippen molar-refractivity contribution in [2.24, 2.45) is 11.8 Å². The lowest BCUT2D eigenvalue weighted by Gasteiger charge is -2.46. The molecule has 1 aromatic rings. The molecule has 3 rings (SSSR count). The largest absolute Gasteiger partial charge is 0.375 e. The predicted molar refractivity (Wildman–Crippen MR) is 98.6 cm³/mol. The Bertz CT molecular complexity index is 624. The number of nitrogens with zero attached hydrogens (tertiary/aromatic N) is 2. The van der Waals surface area contributed by atoms with Crippen molar-refractivity contribution in [3.8, 4) is 0 Å². The first kappa shape index (κ1) is 18.8. The van der Waals surface area contributed by atoms with Gasteiger partial charge in [-0.3, -0.25) is 14.6 Å². The number of hydrogen-bond acceptors (Lipinski definition) is 4. The molecule has 1 unspecified atom stereocenters. The van der Waals surface area contributed by atoms with Crippen LogP contribution in [0.15, 0.2) is 24.5 Å². The smallest absolute Gasteiger partial charge is 0.252 e. The Morgan fingerprint density at radius 1 is 1.38 bits per heavy atom. The van der Waals surface area contributed by atoms with Gasteiger partial charge in [0, 0.05) is 44.6 Å². The van der Waals surface area contributed by atoms with Crippen LogP contribution >= 0.6 is 0 Å². The number of pyridine rings is 1. The molecule has 1 N–H and O–H groups in total. The molecular formula is C20H29N3O3. The van der Waals surface area contributed by atoms with Crippen LogP contribution in [0.25, 0.3) is 0 Å². The fourth-order valence-corrected chi connectivity index (χ4v) is 3.99. The number of likely N-dealkylation sites (tertiary alicyclic amines) is 1. The fraction of sp³-hybridized carbons (Fsp3) is 0.650. The molecule has 1 aromatic heterocycles. The first-order valence-electron chi connectivity index (χ1n) is 9.60. The van der Waals surface area contributed by atoms with Crippen molar-refractivity contribution in [3.05, 3.63) is 30.1 Å². The molecule has 2 fully saturated rings. The molecule has 6 heteroatoms. The van der Waals surface area contributed by atoms with E-state index >= 15 is 0 Å². The molecule has 2 aliphatic rings. The number of rotatable bonds is 4. The summed E-state index contributed by atoms with van der Waals surface area (Å²) >= 11 is 0. The van der Waals surface area contributed by atoms with Crippen LogP contribution in [-0.2, 0) is 9.53 Å². The van der Waals surface area contributed by atoms with Gasteiger partial charge in [0.05, 0.1) is 11.2 Å². The Morgan fingerprint density at radius 2 is 2.15 bits per heavy atom. The van der Waals surface area contributed by atoms with Gasteiger partial charge in [0.2, 0.25) is 5.91 Å². The standard InChI is InChI=1S/C20H29N3O3/c1-15(2)19(25)23-9-6-20(7-10-23)12-16(5-11-26-20)13-22-18(24)17-4-3-8-21-14-17/h3-4,8,14-16H,5-7,9-13H2,1-2H3,(H,22,24). The quantitative estimate of drug-likeness (QED) is 0.895. The van der Waals surface area contributed by atoms with Crippen molar-refractivity contribution in [3.63, 3.8) is 0 Å². The summed E-state index contributed by atoms with van der Waals surface area (Å²) in [5.74, 6) is 0.621. The van der Waals surface area contributed by atoms with Gasteiger partial charge in [-0.2, -0.15) is 0 Å². The number of hydrogen-bond donors (Lipinski definition) is 1. The highest BCUT2D eigenvalue weighted by atomic mass is 16.5. The second kappa shape index (κ2) is 8.16. The summed E-state index contributed by atoms with van der Waals surface area (Å²) in [5, 5.41) is 3.03. The fourth-order valence-electron chi connectivity index (χ4n) is 3.99. The lowest BCUT2D eigenvalue weighted by Crippen LogP contribution is -2.52. The zero-order chi connectivity index (χ0) is 18.6. The highest BCUT2D eigenvalue weighted by Gasteiger charge is 2.41. The SMILES string of the molecule is CC(C)C(=O)N1CCC2(CC1)CC(CNC(=O)c1cccnc1)CCO2. The first-order valence-corrected chi connectivity index (χ1v) is 9.60. The van der Waals surface area contributed by atoms with Crippen molar-refractivity contribution in [1.29, 1.82) is 0 Å². The number of carbonyl (C=O) groups is 2. The summed E-state index contributed by atoms with van der Waals surface area (Å²) < 4.78 is 6.16. The molecule has 3 heterocycles. The minimum atomic E-state index is -0.129. The average Bonchev–Trinajstić information content (AvgIpc) is 2.67. The van der Waals surface area contributed by atoms with E-state index in [2.05, 4.69) is 10.3 Å². The van der Waals surface area contributed by atoms with Gasteiger partial charge in [-0.1, -0.05) is 13.8 Å². The molecule has 0 aromatic carbocycles. The Hall–Kier alpha value is -1.95. The van der Waals surface area contributed by atoms with Crippen LogP contribution in [0.5, 0.6) is 0 Å². The summed E-state index contributed by atoms with van der Waals surface area (Å²) in [6.45, 7) is 6.83. The maximum absolute atomic E-state index is 12.2. The van der Waals surface area contributed by atoms with E-state index in [1.165, 1.54) is 0 Å². The van der Waals surface area contributed by atoms with Gasteiger partial charge in [-0.05, 0) is 43.7 Å². The van der Waals surface area contributed by atoms with E-state index in [-0.39, 0.29) is 23.3 Å². The molecule has 2 amide bonds. The third-order valence-electron chi connectivity index (χ3n) is 5.55. The van der Waals surface area contributed by atoms with Crippen LogP contribution in [0.2, 0.25) is 0 Å². The van der Waals surface area contributed by atoms with E-state index in [1.54, 1.807) is 24.5 Å². The second-order valence-electron chi connectivity index (χ2n) is 7.82. The van der Waals surface area contributed by atoms with Crippen molar-refractivity contribution in [2.45, 2.75) is 45.1 Å². The number of piperidine rings is 1. The van der Waals surface area contributed by atoms with Gasteiger partial charge in [0.15, 0.2) is 0 Å². The molecule has 0 bridgehead atoms. The molecule has 1 atom stereocenters. The lowest BCUT2D eigenvalue weighted by molar-refractivity contribution is -0.149. The number of amides is 2. The van der Waals surface area contributed by atoms with Crippen LogP contribution in [0.1, 0.15) is 49.9 Å². The highest BCUT2D eigenvalue weighted by molar-refractivity contribution is 5.93. The van der Waals surface area contributed by atoms with Gasteiger partial charge in [0.25, 0.3) is 5.91 Å². The molecule has 26 heavy (non-hydrogen) atoms. The van der Waals surface area contributed by atoms with Gasteiger partial charge in [0.1, 0.15) is 0 Å². The van der Waals surface area contributed by atoms with Crippen molar-refractivity contribution < 1.29 is 14.3 Å². The van der Waals surface area contributed by atoms with Gasteiger partial charge >= 0.3 is 0 Å². The van der Waals surface area contributed by atoms with E-state index < -0.39 is 0 Å². The van der Waals surface area contributed by atoms with Gasteiger partial charge in [-0.25, -0.2) is 0 Å². The summed E-state index contributed by atoms with van der Waals surface area (Å²) in [4.78, 5) is 30.3. The van der Waals surface area contributed by atoms with Crippen molar-refractivity contribution in [1.82, 2.24) is 15.2 Å². The molecule has 6 nitrogen and oxygen atoms in total. The maximum Gasteiger partial charge on any atom is 0.252 e. The Labute approximate surface area is 155 Å². The van der Waals surface area contributed by atoms with Crippen LogP contribution < -0.4 is 5.32 Å². The normalized spacial score (nSPS) is 22.4. The predicted octanol–water partition coefficient (Wildman–Crippen LogP) is 2.26. The molecule has 2 aliphatic heterocycles. The number of aromatic nitrogens is 1. The van der Waals surface area contributed by atoms with Gasteiger partial charge in [-0.15, -0.1) is 0 Å². The third-order valence-corrected chi connectivity index (χ3v) is 5.55. The number of carbonyl (C=O) groups excluding carboxylic acids is 2. The topological polar surface area (TPSA) is 71.5 Å². The second-order valence-corrected chi connectivity index (χ2v) is 7.82. The summed E-state index contributed by atoms with van der Waals surface area (Å²) in [7, 11) is 0. The van der Waals surface area contributed by atoms with Crippen LogP contribution in [-0.4, -0.2) is 53.5 Å². The molecule has 0 aliphatic carbocycles. The monoisotopic (exact) mass is 359 g/mol. The van der Waals surface area contributed by atoms with Crippen molar-refractivity contribution >= 4 is 11.8 Å². The summed E-state index contributed by atoms with van der Waals surface area (Å²) in [6.07, 6.45) is 6.93. The van der Waals surface area contributed by atoms with E-state index in [9.17, 15) is 9.59 Å². The third kappa shape index (κ3) is 4.41. The lowest BCUT2D eigenvalue weighted by atomic mass is 9.79. The Balaban J connectivity index is 1.50. The van der Waals surface area contributed by atoms with E-state index in [0.717, 1.165) is 45.4 Å². The zero-order valence-corrected chi connectivity index (χ0v) is 15.7. The highest BCUT2D eigenvalue weighted by Crippen LogP contribution is 2.37. The molecule has 2 saturated heterocycles. The number of ether oxygens (including phenoxy) is 1.